The molecule has 0 saturated heterocycles. The van der Waals surface area contributed by atoms with Crippen LogP contribution in [0.1, 0.15) is 11.1 Å². The molecular weight excluding hydrogens is 462 g/mol. The van der Waals surface area contributed by atoms with Crippen LogP contribution in [0.5, 0.6) is 5.75 Å². The van der Waals surface area contributed by atoms with Gasteiger partial charge in [-0.2, -0.15) is 0 Å². The second-order valence-corrected chi connectivity index (χ2v) is 11.8. The van der Waals surface area contributed by atoms with Gasteiger partial charge in [0.2, 0.25) is 0 Å². The predicted octanol–water partition coefficient (Wildman–Crippen LogP) is 5.96. The number of benzene rings is 5. The highest BCUT2D eigenvalue weighted by Crippen LogP contribution is 2.34. The summed E-state index contributed by atoms with van der Waals surface area (Å²) >= 11 is 0. The molecule has 5 aromatic carbocycles. The van der Waals surface area contributed by atoms with Gasteiger partial charge >= 0.3 is 0 Å². The monoisotopic (exact) mass is 490 g/mol. The number of para-hydroxylation sites is 1. The summed E-state index contributed by atoms with van der Waals surface area (Å²) in [4.78, 5) is 0. The van der Waals surface area contributed by atoms with Crippen LogP contribution in [0.4, 0.5) is 0 Å². The molecule has 5 aromatic rings. The van der Waals surface area contributed by atoms with Crippen LogP contribution in [0.3, 0.4) is 0 Å². The average molecular weight is 491 g/mol. The van der Waals surface area contributed by atoms with Crippen LogP contribution in [-0.2, 0) is 6.61 Å². The molecule has 172 valence electrons. The van der Waals surface area contributed by atoms with E-state index >= 15 is 0 Å². The van der Waals surface area contributed by atoms with Crippen LogP contribution in [0.2, 0.25) is 0 Å². The predicted molar refractivity (Wildman–Crippen MR) is 155 cm³/mol. The lowest BCUT2D eigenvalue weighted by atomic mass is 10.2. The highest BCUT2D eigenvalue weighted by Gasteiger charge is 2.21. The summed E-state index contributed by atoms with van der Waals surface area (Å²) in [5.74, 6) is 0.965. The molecule has 0 aliphatic rings. The fourth-order valence-corrected chi connectivity index (χ4v) is 8.30. The Labute approximate surface area is 211 Å². The number of hydrogen-bond donors (Lipinski definition) is 0. The first-order valence-electron chi connectivity index (χ1n) is 11.8. The van der Waals surface area contributed by atoms with Crippen LogP contribution in [0.25, 0.3) is 0 Å². The van der Waals surface area contributed by atoms with Crippen LogP contribution < -0.4 is 31.3 Å². The van der Waals surface area contributed by atoms with Gasteiger partial charge in [0.1, 0.15) is 12.4 Å². The Morgan fingerprint density at radius 3 is 1.83 bits per heavy atom. The molecule has 0 spiro atoms. The Bertz CT molecular complexity index is 1330. The van der Waals surface area contributed by atoms with Crippen molar-refractivity contribution in [1.29, 1.82) is 0 Å². The van der Waals surface area contributed by atoms with E-state index in [1.54, 1.807) is 0 Å². The quantitative estimate of drug-likeness (QED) is 0.244. The van der Waals surface area contributed by atoms with Crippen molar-refractivity contribution in [2.24, 2.45) is 0 Å². The average Bonchev–Trinajstić information content (AvgIpc) is 2.92. The maximum absolute atomic E-state index is 6.32. The number of hydrogen-bond acceptors (Lipinski definition) is 1. The summed E-state index contributed by atoms with van der Waals surface area (Å²) in [5.41, 5.74) is 2.51. The van der Waals surface area contributed by atoms with E-state index in [9.17, 15) is 0 Å². The van der Waals surface area contributed by atoms with Gasteiger partial charge in [-0.05, 0) is 53.3 Å². The van der Waals surface area contributed by atoms with E-state index in [1.165, 1.54) is 37.6 Å². The Hall–Kier alpha value is -3.24. The molecule has 0 aliphatic heterocycles. The summed E-state index contributed by atoms with van der Waals surface area (Å²) in [6, 6.07) is 47.5. The summed E-state index contributed by atoms with van der Waals surface area (Å²) in [6.45, 7) is 2.81. The van der Waals surface area contributed by atoms with Gasteiger partial charge in [-0.15, -0.1) is 0 Å². The molecule has 5 rings (SSSR count). The van der Waals surface area contributed by atoms with Crippen LogP contribution in [0.15, 0.2) is 133 Å². The van der Waals surface area contributed by atoms with Crippen molar-refractivity contribution in [3.05, 3.63) is 145 Å². The first-order chi connectivity index (χ1) is 17.3. The molecule has 0 heterocycles. The Kier molecular flexibility index (Phi) is 7.69. The molecule has 0 bridgehead atoms. The zero-order valence-electron chi connectivity index (χ0n) is 19.8. The fourth-order valence-electron chi connectivity index (χ4n) is 4.15. The Balaban J connectivity index is 1.53. The van der Waals surface area contributed by atoms with Gasteiger partial charge in [-0.25, -0.2) is 0 Å². The Morgan fingerprint density at radius 2 is 1.17 bits per heavy atom. The minimum Gasteiger partial charge on any atom is -0.488 e. The molecule has 1 nitrogen and oxygen atoms in total. The van der Waals surface area contributed by atoms with E-state index in [0.29, 0.717) is 15.2 Å². The summed E-state index contributed by atoms with van der Waals surface area (Å²) in [5, 5.41) is 6.84. The second-order valence-electron chi connectivity index (χ2n) is 8.37. The zero-order valence-corrected chi connectivity index (χ0v) is 21.7. The van der Waals surface area contributed by atoms with Crippen LogP contribution in [0, 0.1) is 6.92 Å². The van der Waals surface area contributed by atoms with E-state index in [1.807, 2.05) is 6.07 Å². The van der Waals surface area contributed by atoms with E-state index in [2.05, 4.69) is 134 Å². The van der Waals surface area contributed by atoms with E-state index in [-0.39, 0.29) is 0 Å². The SMILES string of the molecule is Cc1cccc(P(c2ccccc2)c2ccccc2)c1Pc1ccccc1OCc1ccccc1. The van der Waals surface area contributed by atoms with Gasteiger partial charge in [0.05, 0.1) is 0 Å². The van der Waals surface area contributed by atoms with Crippen molar-refractivity contribution >= 4 is 43.0 Å². The molecule has 0 aliphatic carbocycles. The van der Waals surface area contributed by atoms with Crippen molar-refractivity contribution < 1.29 is 4.74 Å². The molecule has 0 saturated carbocycles. The molecule has 1 atom stereocenters. The van der Waals surface area contributed by atoms with Crippen molar-refractivity contribution in [1.82, 2.24) is 0 Å². The number of rotatable bonds is 8. The minimum absolute atomic E-state index is 0.515. The maximum atomic E-state index is 6.32. The highest BCUT2D eigenvalue weighted by molar-refractivity contribution is 7.81. The zero-order chi connectivity index (χ0) is 23.9. The molecule has 0 amide bonds. The number of aryl methyl sites for hydroxylation is 1. The van der Waals surface area contributed by atoms with Crippen molar-refractivity contribution in [2.45, 2.75) is 13.5 Å². The number of ether oxygens (including phenoxy) is 1. The summed E-state index contributed by atoms with van der Waals surface area (Å²) < 4.78 is 6.32. The molecule has 0 radical (unpaired) electrons. The van der Waals surface area contributed by atoms with Gasteiger partial charge in [0.15, 0.2) is 0 Å². The van der Waals surface area contributed by atoms with Gasteiger partial charge in [0, 0.05) is 5.30 Å². The van der Waals surface area contributed by atoms with Crippen molar-refractivity contribution in [3.8, 4) is 5.75 Å². The van der Waals surface area contributed by atoms with Gasteiger partial charge in [0.25, 0.3) is 0 Å². The Morgan fingerprint density at radius 1 is 0.600 bits per heavy atom. The first kappa shape index (κ1) is 23.5. The molecule has 3 heteroatoms. The third-order valence-corrected chi connectivity index (χ3v) is 10.2. The third kappa shape index (κ3) is 5.71. The van der Waals surface area contributed by atoms with Gasteiger partial charge in [-0.3, -0.25) is 0 Å². The molecule has 0 fully saturated rings. The van der Waals surface area contributed by atoms with E-state index in [0.717, 1.165) is 5.75 Å². The third-order valence-electron chi connectivity index (χ3n) is 5.90. The fraction of sp³-hybridized carbons (Fsp3) is 0.0625. The summed E-state index contributed by atoms with van der Waals surface area (Å²) in [6.07, 6.45) is 0. The van der Waals surface area contributed by atoms with Crippen molar-refractivity contribution in [3.63, 3.8) is 0 Å². The van der Waals surface area contributed by atoms with Gasteiger partial charge < -0.3 is 4.74 Å². The molecule has 35 heavy (non-hydrogen) atoms. The van der Waals surface area contributed by atoms with Crippen molar-refractivity contribution in [2.75, 3.05) is 0 Å². The minimum atomic E-state index is -0.667. The van der Waals surface area contributed by atoms with Gasteiger partial charge in [-0.1, -0.05) is 136 Å². The lowest BCUT2D eigenvalue weighted by Gasteiger charge is -2.24. The van der Waals surface area contributed by atoms with E-state index < -0.39 is 7.92 Å². The largest absolute Gasteiger partial charge is 0.488 e. The first-order valence-corrected chi connectivity index (χ1v) is 14.2. The molecular formula is C32H28OP2. The molecule has 1 unspecified atom stereocenters. The standard InChI is InChI=1S/C32H28OP2/c1-25-14-13-23-31(35(27-17-7-3-8-18-27)28-19-9-4-10-20-28)32(25)34-30-22-12-11-21-29(30)33-24-26-15-5-2-6-16-26/h2-23,34H,24H2,1H3. The molecule has 0 N–H and O–H groups in total. The normalized spacial score (nSPS) is 11.3. The topological polar surface area (TPSA) is 9.23 Å². The summed E-state index contributed by atoms with van der Waals surface area (Å²) in [7, 11) is -0.152. The highest BCUT2D eigenvalue weighted by atomic mass is 31.1. The maximum Gasteiger partial charge on any atom is 0.127 e. The van der Waals surface area contributed by atoms with Crippen LogP contribution >= 0.6 is 16.5 Å². The smallest absolute Gasteiger partial charge is 0.127 e. The van der Waals surface area contributed by atoms with Crippen LogP contribution in [-0.4, -0.2) is 0 Å². The van der Waals surface area contributed by atoms with E-state index in [4.69, 9.17) is 4.74 Å². The lowest BCUT2D eigenvalue weighted by molar-refractivity contribution is 0.309. The lowest BCUT2D eigenvalue weighted by Crippen LogP contribution is -2.31. The molecule has 0 aromatic heterocycles. The second kappa shape index (κ2) is 11.5.